The van der Waals surface area contributed by atoms with E-state index in [1.807, 2.05) is 0 Å². The van der Waals surface area contributed by atoms with Gasteiger partial charge in [-0.1, -0.05) is 141 Å². The number of rotatable bonds is 24. The highest BCUT2D eigenvalue weighted by molar-refractivity contribution is 5.23. The van der Waals surface area contributed by atoms with E-state index in [4.69, 9.17) is 0 Å². The van der Waals surface area contributed by atoms with Gasteiger partial charge in [0.15, 0.2) is 0 Å². The first-order valence-electron chi connectivity index (χ1n) is 15.1. The minimum absolute atomic E-state index is 1.08. The predicted molar refractivity (Wildman–Crippen MR) is 154 cm³/mol. The number of benzene rings is 1. The molecule has 0 aliphatic rings. The molecule has 0 heterocycles. The zero-order chi connectivity index (χ0) is 24.7. The normalized spacial score (nSPS) is 11.7. The van der Waals surface area contributed by atoms with Crippen LogP contribution in [0.3, 0.4) is 0 Å². The first-order chi connectivity index (χ1) is 16.7. The molecule has 0 radical (unpaired) electrons. The Labute approximate surface area is 214 Å². The van der Waals surface area contributed by atoms with Gasteiger partial charge < -0.3 is 9.80 Å². The fourth-order valence-electron chi connectivity index (χ4n) is 4.99. The summed E-state index contributed by atoms with van der Waals surface area (Å²) < 4.78 is 0. The second kappa shape index (κ2) is 22.6. The molecule has 0 fully saturated rings. The van der Waals surface area contributed by atoms with Gasteiger partial charge in [-0.2, -0.15) is 0 Å². The minimum Gasteiger partial charge on any atom is -0.302 e. The molecule has 0 aliphatic heterocycles. The second-order valence-electron chi connectivity index (χ2n) is 11.0. The van der Waals surface area contributed by atoms with Crippen molar-refractivity contribution in [2.75, 3.05) is 27.2 Å². The van der Waals surface area contributed by atoms with E-state index >= 15 is 0 Å². The SMILES string of the molecule is CCCCCCCCCCCN(C)Cc1cccc(CN(C)CCCCCCCCCCC)c1. The van der Waals surface area contributed by atoms with Crippen LogP contribution in [0.5, 0.6) is 0 Å². The fraction of sp³-hybridized carbons (Fsp3) is 0.812. The predicted octanol–water partition coefficient (Wildman–Crippen LogP) is 9.61. The fourth-order valence-corrected chi connectivity index (χ4v) is 4.99. The topological polar surface area (TPSA) is 6.48 Å². The zero-order valence-electron chi connectivity index (χ0n) is 23.8. The Bertz CT molecular complexity index is 510. The van der Waals surface area contributed by atoms with Crippen molar-refractivity contribution < 1.29 is 0 Å². The molecule has 1 aromatic rings. The van der Waals surface area contributed by atoms with Crippen LogP contribution in [-0.2, 0) is 13.1 Å². The third-order valence-electron chi connectivity index (χ3n) is 7.18. The van der Waals surface area contributed by atoms with Crippen LogP contribution in [0.2, 0.25) is 0 Å². The minimum atomic E-state index is 1.08. The van der Waals surface area contributed by atoms with Crippen molar-refractivity contribution in [1.82, 2.24) is 9.80 Å². The van der Waals surface area contributed by atoms with Gasteiger partial charge in [-0.15, -0.1) is 0 Å². The number of unbranched alkanes of at least 4 members (excludes halogenated alkanes) is 16. The summed E-state index contributed by atoms with van der Waals surface area (Å²) in [5, 5.41) is 0. The average molecular weight is 473 g/mol. The Morgan fingerprint density at radius 1 is 0.471 bits per heavy atom. The average Bonchev–Trinajstić information content (AvgIpc) is 2.82. The Morgan fingerprint density at radius 2 is 0.794 bits per heavy atom. The lowest BCUT2D eigenvalue weighted by Crippen LogP contribution is -2.20. The lowest BCUT2D eigenvalue weighted by atomic mass is 10.1. The molecule has 0 bridgehead atoms. The van der Waals surface area contributed by atoms with E-state index in [-0.39, 0.29) is 0 Å². The van der Waals surface area contributed by atoms with E-state index in [0.717, 1.165) is 13.1 Å². The van der Waals surface area contributed by atoms with Gasteiger partial charge in [0.2, 0.25) is 0 Å². The largest absolute Gasteiger partial charge is 0.302 e. The van der Waals surface area contributed by atoms with E-state index < -0.39 is 0 Å². The first-order valence-corrected chi connectivity index (χ1v) is 15.1. The first kappa shape index (κ1) is 31.2. The van der Waals surface area contributed by atoms with Crippen molar-refractivity contribution in [3.8, 4) is 0 Å². The van der Waals surface area contributed by atoms with Crippen LogP contribution in [0, 0.1) is 0 Å². The van der Waals surface area contributed by atoms with Crippen molar-refractivity contribution in [3.63, 3.8) is 0 Å². The van der Waals surface area contributed by atoms with Gasteiger partial charge in [0.1, 0.15) is 0 Å². The molecule has 0 aromatic heterocycles. The highest BCUT2D eigenvalue weighted by Crippen LogP contribution is 2.14. The summed E-state index contributed by atoms with van der Waals surface area (Å²) in [4.78, 5) is 5.01. The Kier molecular flexibility index (Phi) is 20.7. The molecule has 0 unspecified atom stereocenters. The Balaban J connectivity index is 2.11. The molecule has 0 aliphatic carbocycles. The van der Waals surface area contributed by atoms with Crippen molar-refractivity contribution in [1.29, 1.82) is 0 Å². The quantitative estimate of drug-likeness (QED) is 0.138. The van der Waals surface area contributed by atoms with Gasteiger partial charge in [-0.25, -0.2) is 0 Å². The van der Waals surface area contributed by atoms with Gasteiger partial charge in [-0.3, -0.25) is 0 Å². The zero-order valence-corrected chi connectivity index (χ0v) is 23.8. The molecule has 0 spiro atoms. The van der Waals surface area contributed by atoms with Gasteiger partial charge in [0.25, 0.3) is 0 Å². The lowest BCUT2D eigenvalue weighted by molar-refractivity contribution is 0.311. The summed E-state index contributed by atoms with van der Waals surface area (Å²) in [7, 11) is 4.57. The molecule has 1 rings (SSSR count). The van der Waals surface area contributed by atoms with Crippen molar-refractivity contribution in [3.05, 3.63) is 35.4 Å². The molecule has 0 amide bonds. The van der Waals surface area contributed by atoms with Crippen LogP contribution in [0.15, 0.2) is 24.3 Å². The van der Waals surface area contributed by atoms with E-state index in [1.165, 1.54) is 140 Å². The van der Waals surface area contributed by atoms with Crippen LogP contribution in [0.4, 0.5) is 0 Å². The van der Waals surface area contributed by atoms with Crippen LogP contribution in [0.1, 0.15) is 141 Å². The summed E-state index contributed by atoms with van der Waals surface area (Å²) in [6, 6.07) is 9.29. The van der Waals surface area contributed by atoms with E-state index in [0.29, 0.717) is 0 Å². The van der Waals surface area contributed by atoms with Gasteiger partial charge >= 0.3 is 0 Å². The summed E-state index contributed by atoms with van der Waals surface area (Å²) in [6.07, 6.45) is 25.3. The van der Waals surface area contributed by atoms with Gasteiger partial charge in [0, 0.05) is 13.1 Å². The third kappa shape index (κ3) is 18.5. The van der Waals surface area contributed by atoms with E-state index in [9.17, 15) is 0 Å². The molecular weight excluding hydrogens is 412 g/mol. The number of hydrogen-bond donors (Lipinski definition) is 0. The van der Waals surface area contributed by atoms with Gasteiger partial charge in [0.05, 0.1) is 0 Å². The maximum atomic E-state index is 2.51. The van der Waals surface area contributed by atoms with Crippen LogP contribution in [0.25, 0.3) is 0 Å². The Morgan fingerprint density at radius 3 is 1.15 bits per heavy atom. The smallest absolute Gasteiger partial charge is 0.0230 e. The van der Waals surface area contributed by atoms with E-state index in [1.54, 1.807) is 0 Å². The highest BCUT2D eigenvalue weighted by atomic mass is 15.1. The van der Waals surface area contributed by atoms with Crippen molar-refractivity contribution in [2.45, 2.75) is 143 Å². The lowest BCUT2D eigenvalue weighted by Gasteiger charge is -2.19. The molecule has 2 nitrogen and oxygen atoms in total. The number of nitrogens with zero attached hydrogens (tertiary/aromatic N) is 2. The molecular formula is C32H60N2. The summed E-state index contributed by atoms with van der Waals surface area (Å²) in [5.74, 6) is 0. The molecule has 0 atom stereocenters. The molecule has 0 N–H and O–H groups in total. The van der Waals surface area contributed by atoms with Crippen molar-refractivity contribution >= 4 is 0 Å². The maximum absolute atomic E-state index is 2.51. The Hall–Kier alpha value is -0.860. The molecule has 0 saturated carbocycles. The standard InChI is InChI=1S/C32H60N2/c1-5-7-9-11-13-15-17-19-21-26-33(3)29-31-24-23-25-32(28-31)30-34(4)27-22-20-18-16-14-12-10-8-6-2/h23-25,28H,5-22,26-27,29-30H2,1-4H3. The van der Waals surface area contributed by atoms with Crippen LogP contribution < -0.4 is 0 Å². The van der Waals surface area contributed by atoms with Crippen molar-refractivity contribution in [2.24, 2.45) is 0 Å². The molecule has 34 heavy (non-hydrogen) atoms. The maximum Gasteiger partial charge on any atom is 0.0230 e. The monoisotopic (exact) mass is 472 g/mol. The summed E-state index contributed by atoms with van der Waals surface area (Å²) >= 11 is 0. The van der Waals surface area contributed by atoms with Gasteiger partial charge in [-0.05, 0) is 51.2 Å². The molecule has 2 heteroatoms. The second-order valence-corrected chi connectivity index (χ2v) is 11.0. The van der Waals surface area contributed by atoms with Crippen LogP contribution >= 0.6 is 0 Å². The molecule has 1 aromatic carbocycles. The molecule has 198 valence electrons. The third-order valence-corrected chi connectivity index (χ3v) is 7.18. The molecule has 0 saturated heterocycles. The van der Waals surface area contributed by atoms with E-state index in [2.05, 4.69) is 62.0 Å². The summed E-state index contributed by atoms with van der Waals surface area (Å²) in [6.45, 7) is 9.19. The van der Waals surface area contributed by atoms with Crippen LogP contribution in [-0.4, -0.2) is 37.0 Å². The highest BCUT2D eigenvalue weighted by Gasteiger charge is 2.04. The number of hydrogen-bond acceptors (Lipinski definition) is 2. The summed E-state index contributed by atoms with van der Waals surface area (Å²) in [5.41, 5.74) is 2.93.